The van der Waals surface area contributed by atoms with E-state index in [1.165, 1.54) is 12.1 Å². The normalized spacial score (nSPS) is 18.3. The van der Waals surface area contributed by atoms with E-state index in [0.717, 1.165) is 16.7 Å². The van der Waals surface area contributed by atoms with E-state index < -0.39 is 3.55 Å². The molecule has 37 heavy (non-hydrogen) atoms. The third-order valence-corrected chi connectivity index (χ3v) is 7.17. The molecule has 2 aromatic carbocycles. The SMILES string of the molecule is CC=C=C(N=CNc1cccc(F)c1)C(=CC)N1CCN(C(=O)c2c(C)oc3ccccc23)CC1(C)I. The van der Waals surface area contributed by atoms with Gasteiger partial charge in [-0.3, -0.25) is 4.79 Å². The first-order valence-corrected chi connectivity index (χ1v) is 13.2. The maximum Gasteiger partial charge on any atom is 0.258 e. The first-order chi connectivity index (χ1) is 17.7. The van der Waals surface area contributed by atoms with Gasteiger partial charge in [-0.1, -0.05) is 58.7 Å². The molecule has 1 amide bonds. The fourth-order valence-electron chi connectivity index (χ4n) is 4.59. The van der Waals surface area contributed by atoms with Crippen molar-refractivity contribution in [2.24, 2.45) is 4.99 Å². The number of hydrogen-bond acceptors (Lipinski definition) is 4. The van der Waals surface area contributed by atoms with Crippen LogP contribution in [0.4, 0.5) is 10.1 Å². The highest BCUT2D eigenvalue weighted by atomic mass is 127. The molecular formula is C29H30FIN4O2. The Hall–Kier alpha value is -3.36. The molecule has 0 radical (unpaired) electrons. The summed E-state index contributed by atoms with van der Waals surface area (Å²) < 4.78 is 19.0. The maximum absolute atomic E-state index is 13.6. The second-order valence-electron chi connectivity index (χ2n) is 8.92. The van der Waals surface area contributed by atoms with Crippen molar-refractivity contribution in [2.75, 3.05) is 25.0 Å². The lowest BCUT2D eigenvalue weighted by Gasteiger charge is -2.47. The Morgan fingerprint density at radius 3 is 2.70 bits per heavy atom. The number of nitrogens with zero attached hydrogens (tertiary/aromatic N) is 3. The number of halogens is 2. The van der Waals surface area contributed by atoms with E-state index in [0.29, 0.717) is 42.3 Å². The van der Waals surface area contributed by atoms with Gasteiger partial charge in [0.15, 0.2) is 0 Å². The van der Waals surface area contributed by atoms with Gasteiger partial charge in [0.2, 0.25) is 0 Å². The molecule has 1 fully saturated rings. The minimum absolute atomic E-state index is 0.0199. The highest BCUT2D eigenvalue weighted by Gasteiger charge is 2.40. The number of aryl methyl sites for hydroxylation is 1. The third-order valence-electron chi connectivity index (χ3n) is 6.25. The van der Waals surface area contributed by atoms with Crippen LogP contribution in [0.5, 0.6) is 0 Å². The van der Waals surface area contributed by atoms with Gasteiger partial charge in [-0.2, -0.15) is 0 Å². The van der Waals surface area contributed by atoms with Gasteiger partial charge in [-0.25, -0.2) is 9.38 Å². The molecule has 1 N–H and O–H groups in total. The number of nitrogens with one attached hydrogen (secondary N) is 1. The molecule has 192 valence electrons. The first kappa shape index (κ1) is 26.7. The summed E-state index contributed by atoms with van der Waals surface area (Å²) in [5.41, 5.74) is 6.74. The fourth-order valence-corrected chi connectivity index (χ4v) is 5.50. The quantitative estimate of drug-likeness (QED) is 0.0627. The van der Waals surface area contributed by atoms with Crippen molar-refractivity contribution in [3.8, 4) is 0 Å². The van der Waals surface area contributed by atoms with Crippen molar-refractivity contribution >= 4 is 51.5 Å². The van der Waals surface area contributed by atoms with E-state index in [1.807, 2.05) is 62.1 Å². The molecule has 3 aromatic rings. The summed E-state index contributed by atoms with van der Waals surface area (Å²) in [5.74, 6) is 0.299. The monoisotopic (exact) mass is 612 g/mol. The number of amides is 1. The van der Waals surface area contributed by atoms with Gasteiger partial charge in [0.1, 0.15) is 26.4 Å². The molecule has 4 rings (SSSR count). The predicted octanol–water partition coefficient (Wildman–Crippen LogP) is 6.89. The molecule has 2 heterocycles. The summed E-state index contributed by atoms with van der Waals surface area (Å²) in [6.45, 7) is 9.52. The summed E-state index contributed by atoms with van der Waals surface area (Å²) in [5, 5.41) is 3.86. The van der Waals surface area contributed by atoms with Gasteiger partial charge in [0.25, 0.3) is 5.91 Å². The second kappa shape index (κ2) is 11.4. The predicted molar refractivity (Wildman–Crippen MR) is 156 cm³/mol. The molecular weight excluding hydrogens is 582 g/mol. The Labute approximate surface area is 230 Å². The summed E-state index contributed by atoms with van der Waals surface area (Å²) in [7, 11) is 0. The lowest BCUT2D eigenvalue weighted by molar-refractivity contribution is 0.0564. The van der Waals surface area contributed by atoms with Gasteiger partial charge < -0.3 is 19.5 Å². The van der Waals surface area contributed by atoms with Crippen LogP contribution in [0.25, 0.3) is 11.0 Å². The average Bonchev–Trinajstić information content (AvgIpc) is 3.20. The number of alkyl halides is 1. The number of aliphatic imine (C=N–C) groups is 1. The highest BCUT2D eigenvalue weighted by molar-refractivity contribution is 14.1. The van der Waals surface area contributed by atoms with Crippen molar-refractivity contribution in [1.29, 1.82) is 0 Å². The number of anilines is 1. The number of para-hydroxylation sites is 1. The zero-order chi connectivity index (χ0) is 26.6. The zero-order valence-corrected chi connectivity index (χ0v) is 23.5. The molecule has 1 unspecified atom stereocenters. The van der Waals surface area contributed by atoms with Crippen molar-refractivity contribution in [3.05, 3.63) is 94.9 Å². The number of carbonyl (C=O) groups excluding carboxylic acids is 1. The van der Waals surface area contributed by atoms with E-state index in [1.54, 1.807) is 18.5 Å². The fraction of sp³-hybridized carbons (Fsp3) is 0.276. The first-order valence-electron chi connectivity index (χ1n) is 12.1. The van der Waals surface area contributed by atoms with Gasteiger partial charge >= 0.3 is 0 Å². The van der Waals surface area contributed by atoms with Crippen LogP contribution in [0.1, 0.15) is 36.9 Å². The van der Waals surface area contributed by atoms with Crippen molar-refractivity contribution in [1.82, 2.24) is 9.80 Å². The lowest BCUT2D eigenvalue weighted by Crippen LogP contribution is -2.58. The average molecular weight is 612 g/mol. The van der Waals surface area contributed by atoms with E-state index in [2.05, 4.69) is 50.5 Å². The Bertz CT molecular complexity index is 1430. The Morgan fingerprint density at radius 2 is 2.00 bits per heavy atom. The molecule has 1 atom stereocenters. The molecule has 1 saturated heterocycles. The van der Waals surface area contributed by atoms with Crippen LogP contribution in [0.15, 0.2) is 87.2 Å². The summed E-state index contributed by atoms with van der Waals surface area (Å²) >= 11 is 2.40. The molecule has 1 aliphatic heterocycles. The van der Waals surface area contributed by atoms with Crippen LogP contribution in [0.3, 0.4) is 0 Å². The standard InChI is InChI=1S/C29H30FIN4O2/c1-5-10-24(33-19-32-22-12-9-11-21(30)17-22)25(6-2)35-16-15-34(18-29(35,4)31)28(36)27-20(3)37-26-14-8-7-13-23(26)27/h5-9,11-14,17,19H,15-16,18H2,1-4H3,(H,32,33). The molecule has 0 bridgehead atoms. The van der Waals surface area contributed by atoms with Crippen LogP contribution in [-0.4, -0.2) is 45.2 Å². The van der Waals surface area contributed by atoms with E-state index in [9.17, 15) is 9.18 Å². The number of hydrogen-bond donors (Lipinski definition) is 1. The smallest absolute Gasteiger partial charge is 0.258 e. The number of rotatable bonds is 6. The van der Waals surface area contributed by atoms with Crippen molar-refractivity contribution in [3.63, 3.8) is 0 Å². The topological polar surface area (TPSA) is 61.1 Å². The molecule has 0 aliphatic carbocycles. The summed E-state index contributed by atoms with van der Waals surface area (Å²) in [4.78, 5) is 22.4. The van der Waals surface area contributed by atoms with Crippen LogP contribution in [-0.2, 0) is 0 Å². The minimum Gasteiger partial charge on any atom is -0.461 e. The van der Waals surface area contributed by atoms with Gasteiger partial charge in [0, 0.05) is 24.2 Å². The van der Waals surface area contributed by atoms with E-state index in [4.69, 9.17) is 4.42 Å². The second-order valence-corrected chi connectivity index (χ2v) is 11.2. The minimum atomic E-state index is -0.396. The lowest BCUT2D eigenvalue weighted by atomic mass is 10.1. The Morgan fingerprint density at radius 1 is 1.22 bits per heavy atom. The van der Waals surface area contributed by atoms with Gasteiger partial charge in [0.05, 0.1) is 24.1 Å². The van der Waals surface area contributed by atoms with Gasteiger partial charge in [-0.05, 0) is 58.0 Å². The van der Waals surface area contributed by atoms with Gasteiger partial charge in [-0.15, -0.1) is 0 Å². The van der Waals surface area contributed by atoms with Crippen molar-refractivity contribution < 1.29 is 13.6 Å². The summed E-state index contributed by atoms with van der Waals surface area (Å²) in [6.07, 6.45) is 5.37. The van der Waals surface area contributed by atoms with E-state index in [-0.39, 0.29) is 11.7 Å². The number of carbonyl (C=O) groups is 1. The van der Waals surface area contributed by atoms with E-state index >= 15 is 0 Å². The summed E-state index contributed by atoms with van der Waals surface area (Å²) in [6, 6.07) is 13.9. The third kappa shape index (κ3) is 5.81. The van der Waals surface area contributed by atoms with Crippen LogP contribution in [0, 0.1) is 12.7 Å². The maximum atomic E-state index is 13.6. The van der Waals surface area contributed by atoms with Crippen LogP contribution in [0.2, 0.25) is 0 Å². The largest absolute Gasteiger partial charge is 0.461 e. The number of benzene rings is 2. The molecule has 1 aliphatic rings. The van der Waals surface area contributed by atoms with Crippen LogP contribution < -0.4 is 5.32 Å². The zero-order valence-electron chi connectivity index (χ0n) is 21.4. The molecule has 1 aromatic heterocycles. The highest BCUT2D eigenvalue weighted by Crippen LogP contribution is 2.36. The van der Waals surface area contributed by atoms with Crippen molar-refractivity contribution in [2.45, 2.75) is 31.2 Å². The number of furan rings is 1. The van der Waals surface area contributed by atoms with Crippen LogP contribution >= 0.6 is 22.6 Å². The molecule has 6 nitrogen and oxygen atoms in total. The molecule has 8 heteroatoms. The number of piperazine rings is 1. The Balaban J connectivity index is 1.54. The molecule has 0 saturated carbocycles. The Kier molecular flexibility index (Phi) is 8.19. The number of fused-ring (bicyclic) bond motifs is 1. The molecule has 0 spiro atoms. The number of allylic oxidation sites excluding steroid dienone is 1.